The van der Waals surface area contributed by atoms with Crippen LogP contribution in [0.1, 0.15) is 38.5 Å². The topological polar surface area (TPSA) is 18.5 Å². The van der Waals surface area contributed by atoms with Crippen molar-refractivity contribution in [1.29, 1.82) is 0 Å². The van der Waals surface area contributed by atoms with Gasteiger partial charge < -0.3 is 9.47 Å². The van der Waals surface area contributed by atoms with E-state index in [2.05, 4.69) is 6.58 Å². The third-order valence-electron chi connectivity index (χ3n) is 4.13. The van der Waals surface area contributed by atoms with Crippen LogP contribution in [0, 0.1) is 11.8 Å². The Morgan fingerprint density at radius 2 is 1.67 bits per heavy atom. The lowest BCUT2D eigenvalue weighted by molar-refractivity contribution is -0.0813. The van der Waals surface area contributed by atoms with E-state index in [1.54, 1.807) is 13.4 Å². The summed E-state index contributed by atoms with van der Waals surface area (Å²) in [6.45, 7) is 3.65. The Bertz CT molecular complexity index is 215. The molecule has 0 saturated heterocycles. The lowest BCUT2D eigenvalue weighted by atomic mass is 9.69. The lowest BCUT2D eigenvalue weighted by Gasteiger charge is -2.42. The van der Waals surface area contributed by atoms with Gasteiger partial charge >= 0.3 is 0 Å². The van der Waals surface area contributed by atoms with Crippen LogP contribution in [0.15, 0.2) is 12.8 Å². The molecule has 0 N–H and O–H groups in total. The predicted octanol–water partition coefficient (Wildman–Crippen LogP) is 3.13. The van der Waals surface area contributed by atoms with Crippen LogP contribution in [-0.2, 0) is 9.47 Å². The van der Waals surface area contributed by atoms with Crippen molar-refractivity contribution in [2.45, 2.75) is 50.7 Å². The maximum atomic E-state index is 5.57. The van der Waals surface area contributed by atoms with E-state index in [0.717, 1.165) is 18.3 Å². The molecule has 0 aromatic heterocycles. The molecule has 2 rings (SSSR count). The number of hydrogen-bond acceptors (Lipinski definition) is 2. The number of fused-ring (bicyclic) bond motifs is 1. The minimum Gasteiger partial charge on any atom is -0.496 e. The van der Waals surface area contributed by atoms with Crippen LogP contribution in [0.4, 0.5) is 0 Å². The second kappa shape index (κ2) is 5.02. The summed E-state index contributed by atoms with van der Waals surface area (Å²) in [5.74, 6) is 1.75. The third-order valence-corrected chi connectivity index (χ3v) is 4.13. The van der Waals surface area contributed by atoms with Crippen LogP contribution in [0.5, 0.6) is 0 Å². The molecule has 4 atom stereocenters. The van der Waals surface area contributed by atoms with Gasteiger partial charge in [-0.2, -0.15) is 0 Å². The lowest BCUT2D eigenvalue weighted by Crippen LogP contribution is -2.42. The Balaban J connectivity index is 1.98. The fourth-order valence-electron chi connectivity index (χ4n) is 3.32. The van der Waals surface area contributed by atoms with Crippen molar-refractivity contribution < 1.29 is 9.47 Å². The minimum atomic E-state index is 0.242. The maximum absolute atomic E-state index is 5.57. The zero-order valence-electron chi connectivity index (χ0n) is 9.65. The minimum absolute atomic E-state index is 0.242. The highest BCUT2D eigenvalue weighted by Crippen LogP contribution is 2.42. The average Bonchev–Trinajstić information content (AvgIpc) is 2.28. The van der Waals surface area contributed by atoms with Gasteiger partial charge in [0.05, 0.1) is 12.4 Å². The smallest absolute Gasteiger partial charge is 0.124 e. The first-order valence-electron chi connectivity index (χ1n) is 6.14. The summed E-state index contributed by atoms with van der Waals surface area (Å²) in [6.07, 6.45) is 10.0. The molecule has 0 amide bonds. The molecule has 2 nitrogen and oxygen atoms in total. The van der Waals surface area contributed by atoms with E-state index in [1.807, 2.05) is 0 Å². The van der Waals surface area contributed by atoms with Gasteiger partial charge in [0.15, 0.2) is 0 Å². The molecule has 0 aromatic carbocycles. The highest BCUT2D eigenvalue weighted by atomic mass is 16.5. The molecule has 4 unspecified atom stereocenters. The average molecular weight is 210 g/mol. The number of hydrogen-bond donors (Lipinski definition) is 0. The van der Waals surface area contributed by atoms with Gasteiger partial charge in [-0.05, 0) is 24.7 Å². The van der Waals surface area contributed by atoms with E-state index in [1.165, 1.54) is 32.1 Å². The zero-order chi connectivity index (χ0) is 10.7. The maximum Gasteiger partial charge on any atom is 0.124 e. The summed E-state index contributed by atoms with van der Waals surface area (Å²) in [7, 11) is 1.80. The van der Waals surface area contributed by atoms with Gasteiger partial charge in [-0.3, -0.25) is 0 Å². The van der Waals surface area contributed by atoms with E-state index in [-0.39, 0.29) is 12.2 Å². The molecule has 2 heteroatoms. The Morgan fingerprint density at radius 3 is 2.20 bits per heavy atom. The van der Waals surface area contributed by atoms with E-state index >= 15 is 0 Å². The van der Waals surface area contributed by atoms with E-state index in [9.17, 15) is 0 Å². The van der Waals surface area contributed by atoms with Crippen molar-refractivity contribution in [2.75, 3.05) is 7.11 Å². The van der Waals surface area contributed by atoms with Gasteiger partial charge in [-0.15, -0.1) is 0 Å². The molecule has 2 aliphatic rings. The van der Waals surface area contributed by atoms with Crippen molar-refractivity contribution in [3.05, 3.63) is 12.8 Å². The molecule has 86 valence electrons. The monoisotopic (exact) mass is 210 g/mol. The molecular formula is C13H22O2. The standard InChI is InChI=1S/C13H22O2/c1-3-15-13-9-11-7-5-4-6-10(11)8-12(13)14-2/h3,10-13H,1,4-9H2,2H3. The summed E-state index contributed by atoms with van der Waals surface area (Å²) < 4.78 is 11.1. The molecule has 2 saturated carbocycles. The van der Waals surface area contributed by atoms with Crippen LogP contribution in [-0.4, -0.2) is 19.3 Å². The molecule has 0 bridgehead atoms. The summed E-state index contributed by atoms with van der Waals surface area (Å²) >= 11 is 0. The van der Waals surface area contributed by atoms with Crippen molar-refractivity contribution in [3.63, 3.8) is 0 Å². The summed E-state index contributed by atoms with van der Waals surface area (Å²) in [5.41, 5.74) is 0. The van der Waals surface area contributed by atoms with Crippen LogP contribution in [0.2, 0.25) is 0 Å². The first-order chi connectivity index (χ1) is 7.35. The zero-order valence-corrected chi connectivity index (χ0v) is 9.65. The molecule has 2 fully saturated rings. The highest BCUT2D eigenvalue weighted by Gasteiger charge is 2.38. The predicted molar refractivity (Wildman–Crippen MR) is 60.5 cm³/mol. The Hall–Kier alpha value is -0.500. The van der Waals surface area contributed by atoms with Crippen LogP contribution < -0.4 is 0 Å². The summed E-state index contributed by atoms with van der Waals surface area (Å²) in [5, 5.41) is 0. The fourth-order valence-corrected chi connectivity index (χ4v) is 3.32. The molecule has 0 radical (unpaired) electrons. The second-order valence-electron chi connectivity index (χ2n) is 4.89. The van der Waals surface area contributed by atoms with Crippen LogP contribution in [0.3, 0.4) is 0 Å². The molecule has 0 heterocycles. The third kappa shape index (κ3) is 2.36. The van der Waals surface area contributed by atoms with Crippen molar-refractivity contribution in [3.8, 4) is 0 Å². The number of ether oxygens (including phenoxy) is 2. The van der Waals surface area contributed by atoms with Gasteiger partial charge in [-0.1, -0.05) is 32.3 Å². The molecule has 0 aliphatic heterocycles. The van der Waals surface area contributed by atoms with Gasteiger partial charge in [-0.25, -0.2) is 0 Å². The first kappa shape index (κ1) is 11.0. The summed E-state index contributed by atoms with van der Waals surface area (Å²) in [4.78, 5) is 0. The van der Waals surface area contributed by atoms with Crippen molar-refractivity contribution in [2.24, 2.45) is 11.8 Å². The molecule has 15 heavy (non-hydrogen) atoms. The van der Waals surface area contributed by atoms with E-state index < -0.39 is 0 Å². The molecule has 0 spiro atoms. The van der Waals surface area contributed by atoms with Crippen molar-refractivity contribution >= 4 is 0 Å². The van der Waals surface area contributed by atoms with Gasteiger partial charge in [0, 0.05) is 7.11 Å². The second-order valence-corrected chi connectivity index (χ2v) is 4.89. The number of rotatable bonds is 3. The van der Waals surface area contributed by atoms with Gasteiger partial charge in [0.2, 0.25) is 0 Å². The molecule has 0 aromatic rings. The van der Waals surface area contributed by atoms with E-state index in [0.29, 0.717) is 0 Å². The number of methoxy groups -OCH3 is 1. The molecule has 2 aliphatic carbocycles. The fraction of sp³-hybridized carbons (Fsp3) is 0.846. The van der Waals surface area contributed by atoms with Crippen LogP contribution >= 0.6 is 0 Å². The Labute approximate surface area is 92.6 Å². The van der Waals surface area contributed by atoms with Gasteiger partial charge in [0.1, 0.15) is 6.10 Å². The highest BCUT2D eigenvalue weighted by molar-refractivity contribution is 4.90. The largest absolute Gasteiger partial charge is 0.496 e. The normalized spacial score (nSPS) is 40.6. The first-order valence-corrected chi connectivity index (χ1v) is 6.14. The van der Waals surface area contributed by atoms with Crippen molar-refractivity contribution in [1.82, 2.24) is 0 Å². The Morgan fingerprint density at radius 1 is 1.07 bits per heavy atom. The quantitative estimate of drug-likeness (QED) is 0.666. The van der Waals surface area contributed by atoms with Crippen LogP contribution in [0.25, 0.3) is 0 Å². The Kier molecular flexibility index (Phi) is 3.68. The SMILES string of the molecule is C=COC1CC2CCCCC2CC1OC. The van der Waals surface area contributed by atoms with E-state index in [4.69, 9.17) is 9.47 Å². The van der Waals surface area contributed by atoms with Gasteiger partial charge in [0.25, 0.3) is 0 Å². The summed E-state index contributed by atoms with van der Waals surface area (Å²) in [6, 6.07) is 0. The molecular weight excluding hydrogens is 188 g/mol.